The normalized spacial score (nSPS) is 24.4. The zero-order chi connectivity index (χ0) is 18.4. The first-order chi connectivity index (χ1) is 12.6. The van der Waals surface area contributed by atoms with E-state index in [-0.39, 0.29) is 23.8 Å². The predicted octanol–water partition coefficient (Wildman–Crippen LogP) is 3.13. The Balaban J connectivity index is 1.39. The van der Waals surface area contributed by atoms with Crippen LogP contribution in [-0.4, -0.2) is 47.7 Å². The van der Waals surface area contributed by atoms with Crippen LogP contribution in [0.25, 0.3) is 0 Å². The summed E-state index contributed by atoms with van der Waals surface area (Å²) in [6.45, 7) is 2.16. The molecule has 0 radical (unpaired) electrons. The minimum Gasteiger partial charge on any atom is -0.481 e. The monoisotopic (exact) mass is 359 g/mol. The van der Waals surface area contributed by atoms with Gasteiger partial charge in [0.05, 0.1) is 18.6 Å². The molecule has 1 heterocycles. The minimum absolute atomic E-state index is 0.111. The Morgan fingerprint density at radius 3 is 2.42 bits per heavy atom. The standard InChI is InChI=1S/C21H29NO4/c23-20(17-7-4-8-18(15-17)21(24)25)22-12-9-19(10-13-22)26-14-11-16-5-2-1-3-6-16/h1-3,5-6,17-19H,4,7-15H2,(H,24,25). The lowest BCUT2D eigenvalue weighted by Crippen LogP contribution is -2.45. The summed E-state index contributed by atoms with van der Waals surface area (Å²) in [5.41, 5.74) is 1.28. The van der Waals surface area contributed by atoms with E-state index in [9.17, 15) is 14.7 Å². The first-order valence-corrected chi connectivity index (χ1v) is 9.80. The van der Waals surface area contributed by atoms with Crippen LogP contribution >= 0.6 is 0 Å². The van der Waals surface area contributed by atoms with Crippen LogP contribution in [0.5, 0.6) is 0 Å². The number of likely N-dealkylation sites (tertiary alicyclic amines) is 1. The van der Waals surface area contributed by atoms with E-state index in [0.717, 1.165) is 45.2 Å². The van der Waals surface area contributed by atoms with Crippen LogP contribution in [0, 0.1) is 11.8 Å². The van der Waals surface area contributed by atoms with Crippen molar-refractivity contribution >= 4 is 11.9 Å². The van der Waals surface area contributed by atoms with E-state index in [2.05, 4.69) is 12.1 Å². The van der Waals surface area contributed by atoms with Gasteiger partial charge >= 0.3 is 5.97 Å². The highest BCUT2D eigenvalue weighted by molar-refractivity contribution is 5.80. The van der Waals surface area contributed by atoms with Gasteiger partial charge in [0.2, 0.25) is 5.91 Å². The van der Waals surface area contributed by atoms with Crippen molar-refractivity contribution in [1.29, 1.82) is 0 Å². The average molecular weight is 359 g/mol. The van der Waals surface area contributed by atoms with E-state index < -0.39 is 5.97 Å². The number of benzene rings is 1. The smallest absolute Gasteiger partial charge is 0.306 e. The van der Waals surface area contributed by atoms with Crippen LogP contribution in [0.15, 0.2) is 30.3 Å². The van der Waals surface area contributed by atoms with Gasteiger partial charge in [0, 0.05) is 19.0 Å². The summed E-state index contributed by atoms with van der Waals surface area (Å²) in [5, 5.41) is 9.21. The predicted molar refractivity (Wildman–Crippen MR) is 98.8 cm³/mol. The maximum atomic E-state index is 12.7. The fourth-order valence-corrected chi connectivity index (χ4v) is 4.13. The van der Waals surface area contributed by atoms with Crippen molar-refractivity contribution in [3.63, 3.8) is 0 Å². The molecule has 2 atom stereocenters. The van der Waals surface area contributed by atoms with E-state index in [1.165, 1.54) is 5.56 Å². The Morgan fingerprint density at radius 2 is 1.73 bits per heavy atom. The highest BCUT2D eigenvalue weighted by Crippen LogP contribution is 2.31. The lowest BCUT2D eigenvalue weighted by Gasteiger charge is -2.36. The molecule has 1 aliphatic carbocycles. The van der Waals surface area contributed by atoms with Crippen LogP contribution in [0.3, 0.4) is 0 Å². The molecule has 5 heteroatoms. The molecule has 1 aromatic carbocycles. The summed E-state index contributed by atoms with van der Waals surface area (Å²) >= 11 is 0. The summed E-state index contributed by atoms with van der Waals surface area (Å²) in [6.07, 6.45) is 5.76. The van der Waals surface area contributed by atoms with Gasteiger partial charge in [-0.15, -0.1) is 0 Å². The summed E-state index contributed by atoms with van der Waals surface area (Å²) < 4.78 is 5.99. The van der Waals surface area contributed by atoms with Crippen LogP contribution < -0.4 is 0 Å². The quantitative estimate of drug-likeness (QED) is 0.847. The van der Waals surface area contributed by atoms with Crippen LogP contribution in [-0.2, 0) is 20.7 Å². The SMILES string of the molecule is O=C(O)C1CCCC(C(=O)N2CCC(OCCc3ccccc3)CC2)C1. The highest BCUT2D eigenvalue weighted by Gasteiger charge is 2.34. The maximum absolute atomic E-state index is 12.7. The van der Waals surface area contributed by atoms with Crippen molar-refractivity contribution in [1.82, 2.24) is 4.90 Å². The third-order valence-corrected chi connectivity index (χ3v) is 5.71. The molecule has 1 aromatic rings. The number of piperidine rings is 1. The zero-order valence-electron chi connectivity index (χ0n) is 15.3. The molecule has 1 aliphatic heterocycles. The number of carboxylic acid groups (broad SMARTS) is 1. The average Bonchev–Trinajstić information content (AvgIpc) is 2.69. The molecule has 142 valence electrons. The van der Waals surface area contributed by atoms with Crippen molar-refractivity contribution in [3.8, 4) is 0 Å². The van der Waals surface area contributed by atoms with E-state index >= 15 is 0 Å². The lowest BCUT2D eigenvalue weighted by molar-refractivity contribution is -0.146. The van der Waals surface area contributed by atoms with E-state index in [4.69, 9.17) is 4.74 Å². The van der Waals surface area contributed by atoms with Crippen LogP contribution in [0.1, 0.15) is 44.1 Å². The molecule has 3 rings (SSSR count). The summed E-state index contributed by atoms with van der Waals surface area (Å²) in [5.74, 6) is -1.07. The largest absolute Gasteiger partial charge is 0.481 e. The number of nitrogens with zero attached hydrogens (tertiary/aromatic N) is 1. The van der Waals surface area contributed by atoms with Crippen molar-refractivity contribution in [3.05, 3.63) is 35.9 Å². The van der Waals surface area contributed by atoms with Gasteiger partial charge in [-0.3, -0.25) is 9.59 Å². The third-order valence-electron chi connectivity index (χ3n) is 5.71. The van der Waals surface area contributed by atoms with Gasteiger partial charge < -0.3 is 14.7 Å². The molecular formula is C21H29NO4. The molecule has 1 N–H and O–H groups in total. The molecule has 1 amide bonds. The fourth-order valence-electron chi connectivity index (χ4n) is 4.13. The molecule has 0 aromatic heterocycles. The molecule has 2 unspecified atom stereocenters. The number of hydrogen-bond acceptors (Lipinski definition) is 3. The first kappa shape index (κ1) is 18.9. The lowest BCUT2D eigenvalue weighted by atomic mass is 9.80. The topological polar surface area (TPSA) is 66.8 Å². The summed E-state index contributed by atoms with van der Waals surface area (Å²) in [7, 11) is 0. The van der Waals surface area contributed by atoms with Crippen molar-refractivity contribution in [2.45, 2.75) is 51.0 Å². The molecule has 1 saturated heterocycles. The van der Waals surface area contributed by atoms with E-state index in [1.807, 2.05) is 23.1 Å². The number of hydrogen-bond donors (Lipinski definition) is 1. The molecular weight excluding hydrogens is 330 g/mol. The number of ether oxygens (including phenoxy) is 1. The summed E-state index contributed by atoms with van der Waals surface area (Å²) in [6, 6.07) is 10.3. The Bertz CT molecular complexity index is 595. The Kier molecular flexibility index (Phi) is 6.67. The van der Waals surface area contributed by atoms with Gasteiger partial charge in [-0.25, -0.2) is 0 Å². The molecule has 0 bridgehead atoms. The van der Waals surface area contributed by atoms with Gasteiger partial charge in [0.1, 0.15) is 0 Å². The molecule has 5 nitrogen and oxygen atoms in total. The number of aliphatic carboxylic acids is 1. The second-order valence-electron chi connectivity index (χ2n) is 7.53. The number of rotatable bonds is 6. The number of carbonyl (C=O) groups excluding carboxylic acids is 1. The number of amides is 1. The third kappa shape index (κ3) is 5.07. The van der Waals surface area contributed by atoms with Crippen molar-refractivity contribution < 1.29 is 19.4 Å². The maximum Gasteiger partial charge on any atom is 0.306 e. The summed E-state index contributed by atoms with van der Waals surface area (Å²) in [4.78, 5) is 25.8. The van der Waals surface area contributed by atoms with Crippen molar-refractivity contribution in [2.24, 2.45) is 11.8 Å². The molecule has 1 saturated carbocycles. The second-order valence-corrected chi connectivity index (χ2v) is 7.53. The van der Waals surface area contributed by atoms with Gasteiger partial charge in [-0.2, -0.15) is 0 Å². The molecule has 2 fully saturated rings. The van der Waals surface area contributed by atoms with E-state index in [0.29, 0.717) is 19.4 Å². The Morgan fingerprint density at radius 1 is 1.04 bits per heavy atom. The van der Waals surface area contributed by atoms with Crippen LogP contribution in [0.4, 0.5) is 0 Å². The molecule has 0 spiro atoms. The van der Waals surface area contributed by atoms with E-state index in [1.54, 1.807) is 0 Å². The van der Waals surface area contributed by atoms with Gasteiger partial charge in [0.15, 0.2) is 0 Å². The molecule has 2 aliphatic rings. The Labute approximate surface area is 155 Å². The number of carboxylic acids is 1. The zero-order valence-corrected chi connectivity index (χ0v) is 15.3. The number of carbonyl (C=O) groups is 2. The van der Waals surface area contributed by atoms with Gasteiger partial charge in [0.25, 0.3) is 0 Å². The Hall–Kier alpha value is -1.88. The first-order valence-electron chi connectivity index (χ1n) is 9.80. The minimum atomic E-state index is -0.756. The van der Waals surface area contributed by atoms with Gasteiger partial charge in [-0.1, -0.05) is 36.8 Å². The van der Waals surface area contributed by atoms with Gasteiger partial charge in [-0.05, 0) is 44.1 Å². The van der Waals surface area contributed by atoms with Crippen LogP contribution in [0.2, 0.25) is 0 Å². The fraction of sp³-hybridized carbons (Fsp3) is 0.619. The molecule has 26 heavy (non-hydrogen) atoms. The van der Waals surface area contributed by atoms with Crippen molar-refractivity contribution in [2.75, 3.05) is 19.7 Å². The highest BCUT2D eigenvalue weighted by atomic mass is 16.5. The second kappa shape index (κ2) is 9.17.